The maximum Gasteiger partial charge on any atom is 0.306 e. The average Bonchev–Trinajstić information content (AvgIpc) is 3.27. The molecule has 0 aromatic carbocycles. The van der Waals surface area contributed by atoms with Crippen LogP contribution >= 0.6 is 0 Å². The van der Waals surface area contributed by atoms with E-state index in [9.17, 15) is 9.59 Å². The molecule has 0 spiro atoms. The Morgan fingerprint density at radius 2 is 0.726 bits per heavy atom. The summed E-state index contributed by atoms with van der Waals surface area (Å²) in [6.45, 7) is 7.29. The first-order chi connectivity index (χ1) is 30.6. The molecule has 0 N–H and O–H groups in total. The monoisotopic (exact) mass is 857 g/mol. The first-order valence-electron chi connectivity index (χ1n) is 25.1. The van der Waals surface area contributed by atoms with Crippen LogP contribution in [0.5, 0.6) is 0 Å². The Balaban J connectivity index is 4.43. The van der Waals surface area contributed by atoms with E-state index in [2.05, 4.69) is 142 Å². The van der Waals surface area contributed by atoms with Crippen LogP contribution in [0.3, 0.4) is 0 Å². The fourth-order valence-corrected chi connectivity index (χ4v) is 6.33. The molecule has 0 fully saturated rings. The first kappa shape index (κ1) is 58.3. The normalized spacial score (nSPS) is 13.3. The van der Waals surface area contributed by atoms with Crippen molar-refractivity contribution >= 4 is 11.9 Å². The summed E-state index contributed by atoms with van der Waals surface area (Å²) in [6, 6.07) is 0. The molecule has 0 aliphatic rings. The van der Waals surface area contributed by atoms with Crippen molar-refractivity contribution in [1.82, 2.24) is 0 Å². The van der Waals surface area contributed by atoms with Gasteiger partial charge in [-0.3, -0.25) is 9.59 Å². The molecule has 0 radical (unpaired) electrons. The van der Waals surface area contributed by atoms with Gasteiger partial charge < -0.3 is 14.2 Å². The molecule has 0 rings (SSSR count). The third-order valence-electron chi connectivity index (χ3n) is 9.96. The smallest absolute Gasteiger partial charge is 0.306 e. The van der Waals surface area contributed by atoms with Crippen molar-refractivity contribution in [2.75, 3.05) is 19.8 Å². The van der Waals surface area contributed by atoms with Gasteiger partial charge in [0.1, 0.15) is 6.61 Å². The van der Waals surface area contributed by atoms with Crippen molar-refractivity contribution in [3.8, 4) is 0 Å². The molecule has 5 nitrogen and oxygen atoms in total. The van der Waals surface area contributed by atoms with Gasteiger partial charge in [-0.15, -0.1) is 0 Å². The first-order valence-corrected chi connectivity index (χ1v) is 25.1. The van der Waals surface area contributed by atoms with Crippen molar-refractivity contribution in [1.29, 1.82) is 0 Å². The highest BCUT2D eigenvalue weighted by Gasteiger charge is 2.17. The zero-order valence-corrected chi connectivity index (χ0v) is 40.1. The topological polar surface area (TPSA) is 61.8 Å². The summed E-state index contributed by atoms with van der Waals surface area (Å²) in [4.78, 5) is 25.4. The fraction of sp³-hybridized carbons (Fsp3) is 0.614. The van der Waals surface area contributed by atoms with Crippen LogP contribution in [0.25, 0.3) is 0 Å². The molecule has 0 aliphatic heterocycles. The molecule has 0 aromatic heterocycles. The Bertz CT molecular complexity index is 1290. The van der Waals surface area contributed by atoms with Gasteiger partial charge in [0.25, 0.3) is 0 Å². The van der Waals surface area contributed by atoms with E-state index in [1.807, 2.05) is 0 Å². The molecule has 0 aromatic rings. The maximum absolute atomic E-state index is 12.8. The van der Waals surface area contributed by atoms with Gasteiger partial charge in [0.05, 0.1) is 13.2 Å². The van der Waals surface area contributed by atoms with Gasteiger partial charge in [-0.1, -0.05) is 200 Å². The number of hydrogen-bond acceptors (Lipinski definition) is 5. The molecular formula is C57H92O5. The van der Waals surface area contributed by atoms with E-state index in [0.29, 0.717) is 19.4 Å². The number of ether oxygens (including phenoxy) is 3. The van der Waals surface area contributed by atoms with Gasteiger partial charge in [0.15, 0.2) is 6.10 Å². The summed E-state index contributed by atoms with van der Waals surface area (Å²) in [7, 11) is 0. The number of esters is 2. The summed E-state index contributed by atoms with van der Waals surface area (Å²) >= 11 is 0. The minimum atomic E-state index is -0.595. The second kappa shape index (κ2) is 51.6. The van der Waals surface area contributed by atoms with Crippen molar-refractivity contribution in [3.05, 3.63) is 122 Å². The minimum absolute atomic E-state index is 0.0369. The summed E-state index contributed by atoms with van der Waals surface area (Å²) in [5.41, 5.74) is 0. The zero-order valence-electron chi connectivity index (χ0n) is 40.1. The lowest BCUT2D eigenvalue weighted by Crippen LogP contribution is -2.30. The average molecular weight is 857 g/mol. The SMILES string of the molecule is CC/C=C\C/C=C\C/C=C\C/C=C\C/C=C\CCOCC(COC(=O)CCCCCCCCC/C=C\C/C=C\C/C=C\CC)OC(=O)CCCCCCC/C=C\C/C=C\CCC. The van der Waals surface area contributed by atoms with E-state index in [1.54, 1.807) is 0 Å². The van der Waals surface area contributed by atoms with Crippen LogP contribution in [-0.2, 0) is 23.8 Å². The van der Waals surface area contributed by atoms with E-state index in [4.69, 9.17) is 14.2 Å². The molecule has 0 heterocycles. The molecule has 0 bridgehead atoms. The Kier molecular flexibility index (Phi) is 48.6. The highest BCUT2D eigenvalue weighted by atomic mass is 16.6. The predicted octanol–water partition coefficient (Wildman–Crippen LogP) is 17.0. The minimum Gasteiger partial charge on any atom is -0.462 e. The van der Waals surface area contributed by atoms with Crippen molar-refractivity contribution in [2.45, 2.75) is 207 Å². The standard InChI is InChI=1S/C57H92O5/c1-4-7-10-13-16-19-22-25-27-29-30-33-35-38-41-44-47-50-56(58)61-54-55(62-57(59)51-48-45-42-39-36-32-24-21-18-15-12-9-6-3)53-60-52-49-46-43-40-37-34-31-28-26-23-20-17-14-11-8-5-2/h7-8,10-12,15-17,19-21,24-28,34,37,43,46,55H,4-6,9,13-14,18,22-23,29-33,35-36,38-42,44-45,47-54H2,1-3H3/b10-7-,11-8-,15-12-,19-16-,20-17-,24-21-,27-25-,28-26-,37-34-,46-43-. The van der Waals surface area contributed by atoms with Gasteiger partial charge in [0, 0.05) is 12.8 Å². The highest BCUT2D eigenvalue weighted by Crippen LogP contribution is 2.13. The quantitative estimate of drug-likeness (QED) is 0.0347. The molecule has 1 atom stereocenters. The largest absolute Gasteiger partial charge is 0.462 e. The Hall–Kier alpha value is -3.70. The summed E-state index contributed by atoms with van der Waals surface area (Å²) in [6.07, 6.45) is 72.2. The van der Waals surface area contributed by atoms with Crippen LogP contribution in [0, 0.1) is 0 Å². The molecule has 5 heteroatoms. The summed E-state index contributed by atoms with van der Waals surface area (Å²) in [5, 5.41) is 0. The number of carbonyl (C=O) groups excluding carboxylic acids is 2. The molecule has 1 unspecified atom stereocenters. The Morgan fingerprint density at radius 3 is 1.16 bits per heavy atom. The van der Waals surface area contributed by atoms with Gasteiger partial charge in [-0.05, 0) is 109 Å². The predicted molar refractivity (Wildman–Crippen MR) is 269 cm³/mol. The van der Waals surface area contributed by atoms with Gasteiger partial charge in [0.2, 0.25) is 0 Å². The third kappa shape index (κ3) is 49.0. The number of allylic oxidation sites excluding steroid dienone is 19. The molecule has 0 amide bonds. The number of hydrogen-bond donors (Lipinski definition) is 0. The second-order valence-corrected chi connectivity index (χ2v) is 15.9. The lowest BCUT2D eigenvalue weighted by Gasteiger charge is -2.18. The van der Waals surface area contributed by atoms with E-state index in [1.165, 1.54) is 44.9 Å². The van der Waals surface area contributed by atoms with Crippen LogP contribution in [0.2, 0.25) is 0 Å². The molecule has 0 saturated heterocycles. The van der Waals surface area contributed by atoms with Crippen LogP contribution in [0.4, 0.5) is 0 Å². The van der Waals surface area contributed by atoms with Gasteiger partial charge >= 0.3 is 11.9 Å². The molecule has 0 saturated carbocycles. The Morgan fingerprint density at radius 1 is 0.371 bits per heavy atom. The van der Waals surface area contributed by atoms with Crippen LogP contribution in [0.1, 0.15) is 201 Å². The van der Waals surface area contributed by atoms with Crippen molar-refractivity contribution in [2.24, 2.45) is 0 Å². The molecular weight excluding hydrogens is 765 g/mol. The molecule has 0 aliphatic carbocycles. The summed E-state index contributed by atoms with van der Waals surface area (Å²) < 4.78 is 17.3. The van der Waals surface area contributed by atoms with Crippen molar-refractivity contribution in [3.63, 3.8) is 0 Å². The van der Waals surface area contributed by atoms with Gasteiger partial charge in [-0.2, -0.15) is 0 Å². The molecule has 350 valence electrons. The number of unbranched alkanes of at least 4 members (excludes halogenated alkanes) is 13. The van der Waals surface area contributed by atoms with Crippen LogP contribution in [0.15, 0.2) is 122 Å². The molecule has 62 heavy (non-hydrogen) atoms. The third-order valence-corrected chi connectivity index (χ3v) is 9.96. The van der Waals surface area contributed by atoms with E-state index < -0.39 is 6.10 Å². The Labute approximate surface area is 382 Å². The zero-order chi connectivity index (χ0) is 44.9. The van der Waals surface area contributed by atoms with Crippen LogP contribution < -0.4 is 0 Å². The van der Waals surface area contributed by atoms with E-state index >= 15 is 0 Å². The maximum atomic E-state index is 12.8. The highest BCUT2D eigenvalue weighted by molar-refractivity contribution is 5.70. The van der Waals surface area contributed by atoms with Crippen LogP contribution in [-0.4, -0.2) is 37.9 Å². The van der Waals surface area contributed by atoms with Gasteiger partial charge in [-0.25, -0.2) is 0 Å². The van der Waals surface area contributed by atoms with E-state index in [0.717, 1.165) is 122 Å². The summed E-state index contributed by atoms with van der Waals surface area (Å²) in [5.74, 6) is -0.475. The lowest BCUT2D eigenvalue weighted by molar-refractivity contribution is -0.162. The number of carbonyl (C=O) groups is 2. The van der Waals surface area contributed by atoms with Crippen molar-refractivity contribution < 1.29 is 23.8 Å². The lowest BCUT2D eigenvalue weighted by atomic mass is 10.1. The van der Waals surface area contributed by atoms with E-state index in [-0.39, 0.29) is 25.2 Å². The second-order valence-electron chi connectivity index (χ2n) is 15.9. The number of rotatable bonds is 44. The fourth-order valence-electron chi connectivity index (χ4n) is 6.33.